The van der Waals surface area contributed by atoms with Gasteiger partial charge in [0.05, 0.1) is 25.7 Å². The molecular formula is C73H100N16O23S2. The largest absolute Gasteiger partial charge is 0.508 e. The number of amides is 14. The van der Waals surface area contributed by atoms with E-state index in [2.05, 4.69) is 99.4 Å². The molecule has 1 aliphatic rings. The van der Waals surface area contributed by atoms with E-state index in [9.17, 15) is 112 Å². The average Bonchev–Trinajstić information content (AvgIpc) is 1.64. The number of nitrogens with zero attached hydrogens (tertiary/aromatic N) is 1. The van der Waals surface area contributed by atoms with Gasteiger partial charge in [0.2, 0.25) is 82.7 Å². The second-order valence-electron chi connectivity index (χ2n) is 27.8. The molecule has 5 rings (SSSR count). The Balaban J connectivity index is 1.22. The summed E-state index contributed by atoms with van der Waals surface area (Å²) in [6.45, 7) is 6.10. The lowest BCUT2D eigenvalue weighted by molar-refractivity contribution is -0.143. The fourth-order valence-corrected chi connectivity index (χ4v) is 12.2. The van der Waals surface area contributed by atoms with Crippen molar-refractivity contribution in [2.75, 3.05) is 37.7 Å². The van der Waals surface area contributed by atoms with E-state index in [1.165, 1.54) is 81.1 Å². The van der Waals surface area contributed by atoms with Crippen molar-refractivity contribution in [3.63, 3.8) is 0 Å². The van der Waals surface area contributed by atoms with E-state index >= 15 is 0 Å². The van der Waals surface area contributed by atoms with Gasteiger partial charge in [0.25, 0.3) is 0 Å². The van der Waals surface area contributed by atoms with E-state index < -0.39 is 242 Å². The van der Waals surface area contributed by atoms with Crippen LogP contribution in [0.3, 0.4) is 0 Å². The molecule has 0 radical (unpaired) electrons. The number of hydrogen-bond acceptors (Lipinski definition) is 23. The zero-order valence-electron chi connectivity index (χ0n) is 63.3. The van der Waals surface area contributed by atoms with Gasteiger partial charge in [-0.05, 0) is 98.4 Å². The van der Waals surface area contributed by atoms with E-state index in [0.29, 0.717) is 34.0 Å². The van der Waals surface area contributed by atoms with Crippen molar-refractivity contribution in [3.8, 4) is 11.5 Å². The number of rotatable bonds is 45. The minimum absolute atomic E-state index is 0.0235. The molecule has 0 bridgehead atoms. The summed E-state index contributed by atoms with van der Waals surface area (Å²) in [6, 6.07) is 0.341. The fraction of sp³-hybridized carbons (Fsp3) is 0.493. The maximum atomic E-state index is 14.6. The Morgan fingerprint density at radius 1 is 0.482 bits per heavy atom. The number of nitrogens with two attached hydrogens (primary N) is 1. The highest BCUT2D eigenvalue weighted by atomic mass is 32.1. The maximum Gasteiger partial charge on any atom is 0.326 e. The Kier molecular flexibility index (Phi) is 36.9. The Bertz CT molecular complexity index is 4110. The number of H-pyrrole nitrogens is 1. The predicted octanol–water partition coefficient (Wildman–Crippen LogP) is -4.49. The van der Waals surface area contributed by atoms with E-state index in [4.69, 9.17) is 5.73 Å². The summed E-state index contributed by atoms with van der Waals surface area (Å²) in [5.74, 6) is -19.9. The number of thiol groups is 2. The van der Waals surface area contributed by atoms with Gasteiger partial charge in [0, 0.05) is 67.3 Å². The van der Waals surface area contributed by atoms with E-state index in [-0.39, 0.29) is 49.5 Å². The number of para-hydroxylation sites is 1. The number of aliphatic hydroxyl groups excluding tert-OH is 1. The number of nitrogens with one attached hydrogen (secondary N) is 14. The van der Waals surface area contributed by atoms with Crippen LogP contribution in [-0.4, -0.2) is 257 Å². The van der Waals surface area contributed by atoms with Crippen LogP contribution in [0.1, 0.15) is 96.8 Å². The first-order valence-corrected chi connectivity index (χ1v) is 37.6. The van der Waals surface area contributed by atoms with Crippen molar-refractivity contribution in [3.05, 3.63) is 95.7 Å². The number of phenols is 2. The number of aromatic amines is 1. The molecule has 22 N–H and O–H groups in total. The van der Waals surface area contributed by atoms with Crippen LogP contribution in [0.15, 0.2) is 79.0 Å². The Morgan fingerprint density at radius 3 is 1.46 bits per heavy atom. The first kappa shape index (κ1) is 93.0. The molecular weight excluding hydrogens is 1530 g/mol. The molecule has 39 nitrogen and oxygen atoms in total. The molecule has 114 heavy (non-hydrogen) atoms. The molecule has 1 aliphatic heterocycles. The minimum atomic E-state index is -1.71. The highest BCUT2D eigenvalue weighted by molar-refractivity contribution is 7.80. The Morgan fingerprint density at radius 2 is 0.939 bits per heavy atom. The van der Waals surface area contributed by atoms with Crippen LogP contribution >= 0.6 is 25.3 Å². The zero-order chi connectivity index (χ0) is 84.8. The molecule has 41 heteroatoms. The topological polar surface area (TPSA) is 613 Å². The van der Waals surface area contributed by atoms with Crippen LogP contribution in [0.2, 0.25) is 0 Å². The number of carboxylic acids is 3. The summed E-state index contributed by atoms with van der Waals surface area (Å²) >= 11 is 8.41. The molecule has 13 atom stereocenters. The van der Waals surface area contributed by atoms with Crippen molar-refractivity contribution in [2.24, 2.45) is 17.6 Å². The quantitative estimate of drug-likeness (QED) is 0.0186. The van der Waals surface area contributed by atoms with E-state index in [1.54, 1.807) is 44.3 Å². The van der Waals surface area contributed by atoms with Gasteiger partial charge in [-0.25, -0.2) is 4.79 Å². The highest BCUT2D eigenvalue weighted by Crippen LogP contribution is 2.24. The summed E-state index contributed by atoms with van der Waals surface area (Å²) in [6.07, 6.45) is -2.53. The molecule has 0 aliphatic carbocycles. The third kappa shape index (κ3) is 29.5. The number of aromatic hydroxyl groups is 2. The average molecular weight is 1630 g/mol. The van der Waals surface area contributed by atoms with Crippen molar-refractivity contribution < 1.29 is 112 Å². The van der Waals surface area contributed by atoms with Gasteiger partial charge in [-0.3, -0.25) is 76.7 Å². The van der Waals surface area contributed by atoms with E-state index in [0.717, 1.165) is 0 Å². The smallest absolute Gasteiger partial charge is 0.326 e. The van der Waals surface area contributed by atoms with Crippen LogP contribution in [0.4, 0.5) is 0 Å². The van der Waals surface area contributed by atoms with Crippen LogP contribution in [0.5, 0.6) is 11.5 Å². The standard InChI is InChI=1S/C73H100N16O23S2/c1-35(2)60(71(109)81-47(22-24-58(98)99)65(103)85-51(33-113)67(105)83-49(27-40-15-19-43(92)20-16-40)66(104)79-37(5)62(100)88-61(36(3)4)73(111)112)87-56(95)31-76-54(93)30-77-63(101)48(26-39-13-17-42(91)18-14-39)82-64(102)46(21-23-57(96)97)80-55(94)32-78-69(107)53-12-9-25-89(53)72(110)50(28-41-29-75-45-11-8-7-10-44(41)45)84-68(106)52(34-114)86-70(108)59(74)38(6)90/h7-8,10-11,13-20,29,35-38,46-53,59-61,75,90-92,113-114H,9,12,21-28,30-34,74H2,1-6H3,(H,76,93)(H,77,101)(H,78,107)(H,79,104)(H,80,94)(H,81,109)(H,82,102)(H,83,105)(H,84,106)(H,85,103)(H,86,108)(H,87,95)(H,88,100)(H,96,97)(H,98,99)(H,111,112)/t37-,38+,46-,47-,48-,49-,50-,51-,52-,53-,59-,60-,61-/m0/s1. The monoisotopic (exact) mass is 1630 g/mol. The maximum absolute atomic E-state index is 14.6. The second kappa shape index (κ2) is 45.2. The lowest BCUT2D eigenvalue weighted by Gasteiger charge is -2.30. The fourth-order valence-electron chi connectivity index (χ4n) is 11.7. The summed E-state index contributed by atoms with van der Waals surface area (Å²) < 4.78 is 0. The predicted molar refractivity (Wildman–Crippen MR) is 413 cm³/mol. The molecule has 3 aromatic carbocycles. The second-order valence-corrected chi connectivity index (χ2v) is 28.5. The number of carbonyl (C=O) groups is 17. The summed E-state index contributed by atoms with van der Waals surface area (Å²) in [7, 11) is 0. The number of aliphatic hydroxyl groups is 1. The highest BCUT2D eigenvalue weighted by Gasteiger charge is 2.41. The lowest BCUT2D eigenvalue weighted by Crippen LogP contribution is -2.60. The van der Waals surface area contributed by atoms with Crippen molar-refractivity contribution >= 4 is 137 Å². The van der Waals surface area contributed by atoms with Crippen molar-refractivity contribution in [1.29, 1.82) is 0 Å². The number of aromatic nitrogens is 1. The molecule has 0 saturated carbocycles. The van der Waals surface area contributed by atoms with Gasteiger partial charge in [-0.15, -0.1) is 0 Å². The van der Waals surface area contributed by atoms with Crippen LogP contribution in [-0.2, 0) is 101 Å². The number of phenolic OH excluding ortho intramolecular Hbond substituents is 2. The number of likely N-dealkylation sites (tertiary alicyclic amines) is 1. The molecule has 2 heterocycles. The van der Waals surface area contributed by atoms with Gasteiger partial charge in [-0.2, -0.15) is 25.3 Å². The summed E-state index contributed by atoms with van der Waals surface area (Å²) in [5.41, 5.74) is 7.83. The number of hydrogen-bond donors (Lipinski definition) is 23. The van der Waals surface area contributed by atoms with Gasteiger partial charge in [-0.1, -0.05) is 70.2 Å². The van der Waals surface area contributed by atoms with Crippen molar-refractivity contribution in [1.82, 2.24) is 79.0 Å². The molecule has 1 fully saturated rings. The molecule has 0 spiro atoms. The van der Waals surface area contributed by atoms with Crippen LogP contribution in [0.25, 0.3) is 10.9 Å². The number of carboxylic acid groups (broad SMARTS) is 3. The van der Waals surface area contributed by atoms with Gasteiger partial charge in [0.1, 0.15) is 84.0 Å². The number of benzene rings is 3. The normalized spacial score (nSPS) is 15.6. The van der Waals surface area contributed by atoms with Crippen LogP contribution < -0.4 is 74.9 Å². The summed E-state index contributed by atoms with van der Waals surface area (Å²) in [4.78, 5) is 232. The SMILES string of the molecule is CC(C)[C@H](NC(=O)[C@H](C)NC(=O)[C@H](Cc1ccc(O)cc1)NC(=O)[C@H](CS)NC(=O)[C@H](CCC(=O)O)NC(=O)[C@@H](NC(=O)CNC(=O)CNC(=O)[C@H](Cc1ccc(O)cc1)NC(=O)[C@H](CCC(=O)O)NC(=O)CNC(=O)[C@@H]1CCCN1C(=O)[C@H](Cc1c[nH]c2ccccc12)NC(=O)[C@H](CS)NC(=O)[C@@H](N)[C@@H](C)O)C(C)C)C(=O)O. The van der Waals surface area contributed by atoms with Gasteiger partial charge >= 0.3 is 17.9 Å². The molecule has 14 amide bonds. The third-order valence-corrected chi connectivity index (χ3v) is 18.9. The Hall–Kier alpha value is -11.6. The van der Waals surface area contributed by atoms with Crippen molar-refractivity contribution in [2.45, 2.75) is 178 Å². The lowest BCUT2D eigenvalue weighted by atomic mass is 10.0. The number of fused-ring (bicyclic) bond motifs is 1. The first-order valence-electron chi connectivity index (χ1n) is 36.4. The zero-order valence-corrected chi connectivity index (χ0v) is 65.1. The molecule has 1 aromatic heterocycles. The summed E-state index contributed by atoms with van der Waals surface area (Å²) in [5, 5.41) is 90.6. The Labute approximate surface area is 665 Å². The first-order chi connectivity index (χ1) is 53.8. The molecule has 622 valence electrons. The van der Waals surface area contributed by atoms with Gasteiger partial charge < -0.3 is 115 Å². The third-order valence-electron chi connectivity index (χ3n) is 18.1. The van der Waals surface area contributed by atoms with Gasteiger partial charge in [0.15, 0.2) is 0 Å². The molecule has 4 aromatic rings. The molecule has 0 unspecified atom stereocenters. The minimum Gasteiger partial charge on any atom is -0.508 e. The number of carbonyl (C=O) groups excluding carboxylic acids is 14. The van der Waals surface area contributed by atoms with E-state index in [1.807, 2.05) is 0 Å². The van der Waals surface area contributed by atoms with Crippen LogP contribution in [0, 0.1) is 11.8 Å². The number of aliphatic carboxylic acids is 3. The molecule has 1 saturated heterocycles.